The Hall–Kier alpha value is -4.15. The summed E-state index contributed by atoms with van der Waals surface area (Å²) in [6, 6.07) is 18.3. The van der Waals surface area contributed by atoms with Crippen molar-refractivity contribution in [3.63, 3.8) is 0 Å². The third kappa shape index (κ3) is 6.28. The van der Waals surface area contributed by atoms with Crippen LogP contribution in [0.25, 0.3) is 32.5 Å². The highest BCUT2D eigenvalue weighted by molar-refractivity contribution is 7.19. The van der Waals surface area contributed by atoms with Crippen LogP contribution >= 0.6 is 11.3 Å². The zero-order chi connectivity index (χ0) is 29.5. The molecular weight excluding hydrogens is 542 g/mol. The number of thiophene rings is 1. The highest BCUT2D eigenvalue weighted by Crippen LogP contribution is 2.39. The van der Waals surface area contributed by atoms with Gasteiger partial charge in [-0.2, -0.15) is 9.78 Å². The van der Waals surface area contributed by atoms with Crippen molar-refractivity contribution in [2.24, 2.45) is 0 Å². The van der Waals surface area contributed by atoms with Crippen LogP contribution in [0, 0.1) is 0 Å². The Balaban J connectivity index is 1.63. The zero-order valence-corrected chi connectivity index (χ0v) is 24.7. The normalized spacial score (nSPS) is 12.2. The van der Waals surface area contributed by atoms with Crippen LogP contribution in [-0.2, 0) is 27.4 Å². The number of phenols is 1. The van der Waals surface area contributed by atoms with Crippen molar-refractivity contribution in [1.82, 2.24) is 14.3 Å². The van der Waals surface area contributed by atoms with E-state index in [4.69, 9.17) is 14.2 Å². The number of hydrogen-bond donors (Lipinski definition) is 1. The van der Waals surface area contributed by atoms with Crippen molar-refractivity contribution in [2.75, 3.05) is 0 Å². The highest BCUT2D eigenvalue weighted by atomic mass is 32.1. The molecule has 0 atom stereocenters. The molecule has 41 heavy (non-hydrogen) atoms. The van der Waals surface area contributed by atoms with Gasteiger partial charge < -0.3 is 19.3 Å². The molecule has 10 heteroatoms. The summed E-state index contributed by atoms with van der Waals surface area (Å²) in [5.41, 5.74) is 1.38. The molecule has 0 bridgehead atoms. The Kier molecular flexibility index (Phi) is 7.39. The Morgan fingerprint density at radius 1 is 0.854 bits per heavy atom. The molecular formula is C31H33N3O6S. The van der Waals surface area contributed by atoms with Gasteiger partial charge in [-0.05, 0) is 71.4 Å². The lowest BCUT2D eigenvalue weighted by atomic mass is 10.2. The Morgan fingerprint density at radius 3 is 2.22 bits per heavy atom. The topological polar surface area (TPSA) is 105 Å². The van der Waals surface area contributed by atoms with Gasteiger partial charge in [0.1, 0.15) is 22.6 Å². The predicted octanol–water partition coefficient (Wildman–Crippen LogP) is 7.71. The smallest absolute Gasteiger partial charge is 0.435 e. The molecule has 1 N–H and O–H groups in total. The molecule has 3 heterocycles. The number of aromatic nitrogens is 3. The minimum atomic E-state index is -0.765. The summed E-state index contributed by atoms with van der Waals surface area (Å²) in [5.74, 6) is 0.00497. The first-order valence-corrected chi connectivity index (χ1v) is 14.1. The number of phenolic OH excluding ortho intramolecular Hbond substituents is 1. The maximum absolute atomic E-state index is 13.5. The first kappa shape index (κ1) is 28.4. The van der Waals surface area contributed by atoms with Gasteiger partial charge in [-0.15, -0.1) is 11.3 Å². The van der Waals surface area contributed by atoms with E-state index in [1.807, 2.05) is 36.4 Å². The Labute approximate surface area is 241 Å². The lowest BCUT2D eigenvalue weighted by Gasteiger charge is -2.20. The molecule has 0 spiro atoms. The van der Waals surface area contributed by atoms with E-state index in [1.54, 1.807) is 59.7 Å². The molecule has 2 aromatic carbocycles. The predicted molar refractivity (Wildman–Crippen MR) is 158 cm³/mol. The number of rotatable bonds is 5. The summed E-state index contributed by atoms with van der Waals surface area (Å²) >= 11 is 1.43. The Morgan fingerprint density at radius 2 is 1.54 bits per heavy atom. The van der Waals surface area contributed by atoms with Crippen LogP contribution in [0.15, 0.2) is 60.7 Å². The lowest BCUT2D eigenvalue weighted by Crippen LogP contribution is -2.28. The molecule has 0 aliphatic heterocycles. The van der Waals surface area contributed by atoms with Crippen molar-refractivity contribution in [3.8, 4) is 17.1 Å². The van der Waals surface area contributed by atoms with Gasteiger partial charge in [-0.3, -0.25) is 0 Å². The van der Waals surface area contributed by atoms with Crippen LogP contribution in [-0.4, -0.2) is 42.8 Å². The van der Waals surface area contributed by atoms with Gasteiger partial charge >= 0.3 is 12.2 Å². The molecule has 0 fully saturated rings. The summed E-state index contributed by atoms with van der Waals surface area (Å²) in [6.45, 7) is 11.5. The fourth-order valence-corrected chi connectivity index (χ4v) is 5.42. The highest BCUT2D eigenvalue weighted by Gasteiger charge is 2.29. The van der Waals surface area contributed by atoms with Crippen LogP contribution in [0.3, 0.4) is 0 Å². The van der Waals surface area contributed by atoms with E-state index in [0.29, 0.717) is 45.7 Å². The molecule has 0 saturated carbocycles. The summed E-state index contributed by atoms with van der Waals surface area (Å²) < 4.78 is 20.6. The summed E-state index contributed by atoms with van der Waals surface area (Å²) in [5, 5.41) is 15.6. The number of aromatic hydroxyl groups is 1. The molecule has 0 aliphatic rings. The van der Waals surface area contributed by atoms with Gasteiger partial charge in [-0.1, -0.05) is 30.3 Å². The second-order valence-corrected chi connectivity index (χ2v) is 12.9. The molecule has 0 radical (unpaired) electrons. The van der Waals surface area contributed by atoms with E-state index < -0.39 is 23.4 Å². The van der Waals surface area contributed by atoms with Crippen LogP contribution in [0.1, 0.15) is 52.0 Å². The average Bonchev–Trinajstić information content (AvgIpc) is 3.53. The molecule has 0 unspecified atom stereocenters. The molecule has 5 aromatic rings. The van der Waals surface area contributed by atoms with Crippen molar-refractivity contribution >= 4 is 44.6 Å². The second kappa shape index (κ2) is 10.7. The molecule has 9 nitrogen and oxygen atoms in total. The van der Waals surface area contributed by atoms with Gasteiger partial charge in [-0.25, -0.2) is 14.2 Å². The van der Waals surface area contributed by atoms with E-state index in [9.17, 15) is 14.7 Å². The van der Waals surface area contributed by atoms with Crippen molar-refractivity contribution in [1.29, 1.82) is 0 Å². The second-order valence-electron chi connectivity index (χ2n) is 11.7. The number of fused-ring (bicyclic) bond motifs is 2. The maximum Gasteiger partial charge on any atom is 0.435 e. The minimum absolute atomic E-state index is 0.00497. The molecule has 3 aromatic heterocycles. The van der Waals surface area contributed by atoms with Gasteiger partial charge in [0.05, 0.1) is 34.6 Å². The molecule has 5 rings (SSSR count). The first-order valence-electron chi connectivity index (χ1n) is 13.2. The van der Waals surface area contributed by atoms with E-state index >= 15 is 0 Å². The number of carbonyl (C=O) groups excluding carboxylic acids is 2. The third-order valence-electron chi connectivity index (χ3n) is 5.94. The Bertz CT molecular complexity index is 1730. The van der Waals surface area contributed by atoms with E-state index in [-0.39, 0.29) is 5.75 Å². The number of nitrogens with zero attached hydrogens (tertiary/aromatic N) is 3. The fourth-order valence-electron chi connectivity index (χ4n) is 4.35. The largest absolute Gasteiger partial charge is 0.508 e. The third-order valence-corrected chi connectivity index (χ3v) is 7.04. The van der Waals surface area contributed by atoms with Gasteiger partial charge in [0.2, 0.25) is 0 Å². The van der Waals surface area contributed by atoms with Gasteiger partial charge in [0, 0.05) is 16.3 Å². The zero-order valence-electron chi connectivity index (χ0n) is 23.9. The fraction of sp³-hybridized carbons (Fsp3) is 0.323. The summed E-state index contributed by atoms with van der Waals surface area (Å²) in [7, 11) is 0. The minimum Gasteiger partial charge on any atom is -0.508 e. The molecule has 214 valence electrons. The molecule has 0 amide bonds. The average molecular weight is 576 g/mol. The number of ether oxygens (including phenoxy) is 3. The van der Waals surface area contributed by atoms with Crippen LogP contribution in [0.5, 0.6) is 5.75 Å². The number of carbonyl (C=O) groups is 2. The molecule has 0 saturated heterocycles. The van der Waals surface area contributed by atoms with Crippen molar-refractivity contribution < 1.29 is 28.9 Å². The summed E-state index contributed by atoms with van der Waals surface area (Å²) in [4.78, 5) is 27.7. The first-order chi connectivity index (χ1) is 19.3. The van der Waals surface area contributed by atoms with Crippen molar-refractivity contribution in [2.45, 2.75) is 66.0 Å². The van der Waals surface area contributed by atoms with Crippen LogP contribution in [0.4, 0.5) is 9.59 Å². The quantitative estimate of drug-likeness (QED) is 0.229. The number of benzene rings is 2. The van der Waals surface area contributed by atoms with Crippen LogP contribution in [0.2, 0.25) is 0 Å². The van der Waals surface area contributed by atoms with Gasteiger partial charge in [0.25, 0.3) is 0 Å². The maximum atomic E-state index is 13.5. The molecule has 0 aliphatic carbocycles. The van der Waals surface area contributed by atoms with E-state index in [1.165, 1.54) is 26.7 Å². The standard InChI is InChI=1S/C31H33N3O6S/c1-30(2,3)39-28(36)33-23-15-21(35)13-12-20(23)14-24(33)26-27-25(34(32-26)29(37)40-31(4,5)6)16-22(41-27)18-38-17-19-10-8-7-9-11-19/h7-16,35H,17-18H2,1-6H3. The van der Waals surface area contributed by atoms with E-state index in [2.05, 4.69) is 5.10 Å². The summed E-state index contributed by atoms with van der Waals surface area (Å²) in [6.07, 6.45) is -1.27. The van der Waals surface area contributed by atoms with Gasteiger partial charge in [0.15, 0.2) is 0 Å². The van der Waals surface area contributed by atoms with Crippen LogP contribution < -0.4 is 0 Å². The lowest BCUT2D eigenvalue weighted by molar-refractivity contribution is 0.0520. The van der Waals surface area contributed by atoms with E-state index in [0.717, 1.165) is 10.4 Å². The monoisotopic (exact) mass is 575 g/mol. The number of hydrogen-bond acceptors (Lipinski definition) is 8. The van der Waals surface area contributed by atoms with Crippen molar-refractivity contribution in [3.05, 3.63) is 71.1 Å². The SMILES string of the molecule is CC(C)(C)OC(=O)n1nc(-c2cc3ccc(O)cc3n2C(=O)OC(C)(C)C)c2sc(COCc3ccccc3)cc21.